The van der Waals surface area contributed by atoms with Crippen molar-refractivity contribution in [1.29, 1.82) is 0 Å². The highest BCUT2D eigenvalue weighted by atomic mass is 16.2. The minimum Gasteiger partial charge on any atom is -0.342 e. The van der Waals surface area contributed by atoms with Crippen molar-refractivity contribution in [1.82, 2.24) is 19.6 Å². The molecule has 1 unspecified atom stereocenters. The number of likely N-dealkylation sites (tertiary alicyclic amines) is 2. The molecule has 0 radical (unpaired) electrons. The topological polar surface area (TPSA) is 58.4 Å². The first-order valence-corrected chi connectivity index (χ1v) is 10.0. The van der Waals surface area contributed by atoms with Gasteiger partial charge in [-0.2, -0.15) is 5.10 Å². The van der Waals surface area contributed by atoms with E-state index in [4.69, 9.17) is 0 Å². The van der Waals surface area contributed by atoms with Crippen LogP contribution in [0.5, 0.6) is 0 Å². The largest absolute Gasteiger partial charge is 0.342 e. The lowest BCUT2D eigenvalue weighted by Gasteiger charge is -2.37. The Hall–Kier alpha value is -2.63. The van der Waals surface area contributed by atoms with Gasteiger partial charge in [0, 0.05) is 32.4 Å². The lowest BCUT2D eigenvalue weighted by Crippen LogP contribution is -2.47. The number of hydrogen-bond donors (Lipinski definition) is 0. The van der Waals surface area contributed by atoms with Crippen LogP contribution in [-0.2, 0) is 22.6 Å². The van der Waals surface area contributed by atoms with Crippen LogP contribution in [-0.4, -0.2) is 57.6 Å². The van der Waals surface area contributed by atoms with Crippen LogP contribution in [0.1, 0.15) is 30.4 Å². The van der Waals surface area contributed by atoms with Crippen LogP contribution in [0.2, 0.25) is 0 Å². The summed E-state index contributed by atoms with van der Waals surface area (Å²) in [5, 5.41) is 4.20. The fourth-order valence-corrected chi connectivity index (χ4v) is 4.70. The number of amides is 2. The molecule has 28 heavy (non-hydrogen) atoms. The number of carbonyl (C=O) groups excluding carboxylic acids is 2. The third-order valence-corrected chi connectivity index (χ3v) is 6.40. The van der Waals surface area contributed by atoms with Gasteiger partial charge in [0.15, 0.2) is 0 Å². The van der Waals surface area contributed by atoms with E-state index in [1.807, 2.05) is 48.2 Å². The fraction of sp³-hybridized carbons (Fsp3) is 0.500. The molecule has 2 amide bonds. The molecular formula is C22H28N4O2. The van der Waals surface area contributed by atoms with E-state index < -0.39 is 0 Å². The Kier molecular flexibility index (Phi) is 4.96. The highest BCUT2D eigenvalue weighted by molar-refractivity contribution is 5.86. The molecule has 0 N–H and O–H groups in total. The van der Waals surface area contributed by atoms with Gasteiger partial charge < -0.3 is 9.80 Å². The molecule has 2 aromatic rings. The van der Waals surface area contributed by atoms with E-state index in [-0.39, 0.29) is 29.8 Å². The van der Waals surface area contributed by atoms with Gasteiger partial charge in [-0.3, -0.25) is 14.3 Å². The van der Waals surface area contributed by atoms with Crippen LogP contribution < -0.4 is 0 Å². The zero-order chi connectivity index (χ0) is 19.7. The Labute approximate surface area is 166 Å². The molecule has 3 heterocycles. The Morgan fingerprint density at radius 3 is 2.57 bits per heavy atom. The monoisotopic (exact) mass is 380 g/mol. The first-order chi connectivity index (χ1) is 13.5. The molecule has 1 aromatic carbocycles. The molecule has 2 saturated heterocycles. The van der Waals surface area contributed by atoms with Crippen molar-refractivity contribution >= 4 is 11.8 Å². The molecule has 148 valence electrons. The van der Waals surface area contributed by atoms with E-state index >= 15 is 0 Å². The molecule has 2 aliphatic rings. The van der Waals surface area contributed by atoms with E-state index in [0.717, 1.165) is 31.2 Å². The van der Waals surface area contributed by atoms with Crippen LogP contribution >= 0.6 is 0 Å². The standard InChI is InChI=1S/C22H28N4O2/c1-17-14-23-26(15-17)16-20(27)25-10-8-22(9-11-25)13-19(24(2)21(22)28)12-18-6-4-3-5-7-18/h3-7,14-15,19H,8-13,16H2,1-2H3. The quantitative estimate of drug-likeness (QED) is 0.818. The lowest BCUT2D eigenvalue weighted by atomic mass is 9.75. The van der Waals surface area contributed by atoms with Gasteiger partial charge in [0.25, 0.3) is 0 Å². The summed E-state index contributed by atoms with van der Waals surface area (Å²) in [5.74, 6) is 0.334. The summed E-state index contributed by atoms with van der Waals surface area (Å²) >= 11 is 0. The van der Waals surface area contributed by atoms with Gasteiger partial charge in [0.1, 0.15) is 6.54 Å². The van der Waals surface area contributed by atoms with E-state index in [1.165, 1.54) is 5.56 Å². The average Bonchev–Trinajstić information content (AvgIpc) is 3.20. The minimum atomic E-state index is -0.298. The number of piperidine rings is 1. The first kappa shape index (κ1) is 18.7. The van der Waals surface area contributed by atoms with Gasteiger partial charge in [-0.05, 0) is 43.7 Å². The molecular weight excluding hydrogens is 352 g/mol. The zero-order valence-corrected chi connectivity index (χ0v) is 16.7. The Bertz CT molecular complexity index is 852. The maximum atomic E-state index is 13.1. The number of hydrogen-bond acceptors (Lipinski definition) is 3. The number of likely N-dealkylation sites (N-methyl/N-ethyl adjacent to an activating group) is 1. The first-order valence-electron chi connectivity index (χ1n) is 10.0. The Morgan fingerprint density at radius 2 is 1.93 bits per heavy atom. The van der Waals surface area contributed by atoms with Crippen LogP contribution in [0.4, 0.5) is 0 Å². The normalized spacial score (nSPS) is 21.5. The van der Waals surface area contributed by atoms with Crippen LogP contribution in [0, 0.1) is 12.3 Å². The third kappa shape index (κ3) is 3.55. The Balaban J connectivity index is 1.37. The summed E-state index contributed by atoms with van der Waals surface area (Å²) in [6.07, 6.45) is 6.94. The van der Waals surface area contributed by atoms with E-state index in [1.54, 1.807) is 10.9 Å². The van der Waals surface area contributed by atoms with Crippen LogP contribution in [0.25, 0.3) is 0 Å². The molecule has 2 aliphatic heterocycles. The average molecular weight is 380 g/mol. The van der Waals surface area contributed by atoms with E-state index in [2.05, 4.69) is 17.2 Å². The predicted octanol–water partition coefficient (Wildman–Crippen LogP) is 2.27. The number of aromatic nitrogens is 2. The second-order valence-corrected chi connectivity index (χ2v) is 8.34. The number of rotatable bonds is 4. The highest BCUT2D eigenvalue weighted by Gasteiger charge is 2.51. The van der Waals surface area contributed by atoms with E-state index in [9.17, 15) is 9.59 Å². The summed E-state index contributed by atoms with van der Waals surface area (Å²) < 4.78 is 1.69. The van der Waals surface area contributed by atoms with Crippen molar-refractivity contribution in [2.45, 2.75) is 45.2 Å². The SMILES string of the molecule is Cc1cnn(CC(=O)N2CCC3(CC2)CC(Cc2ccccc2)N(C)C3=O)c1. The molecule has 1 aromatic heterocycles. The molecule has 4 rings (SSSR count). The number of benzene rings is 1. The predicted molar refractivity (Wildman–Crippen MR) is 107 cm³/mol. The molecule has 1 spiro atoms. The van der Waals surface area contributed by atoms with Crippen molar-refractivity contribution < 1.29 is 9.59 Å². The highest BCUT2D eigenvalue weighted by Crippen LogP contribution is 2.44. The number of aryl methyl sites for hydroxylation is 1. The Morgan fingerprint density at radius 1 is 1.21 bits per heavy atom. The van der Waals surface area contributed by atoms with Crippen molar-refractivity contribution in [2.24, 2.45) is 5.41 Å². The van der Waals surface area contributed by atoms with Gasteiger partial charge in [-0.15, -0.1) is 0 Å². The van der Waals surface area contributed by atoms with Crippen LogP contribution in [0.15, 0.2) is 42.7 Å². The smallest absolute Gasteiger partial charge is 0.244 e. The second kappa shape index (κ2) is 7.41. The van der Waals surface area contributed by atoms with Crippen molar-refractivity contribution in [3.05, 3.63) is 53.9 Å². The maximum Gasteiger partial charge on any atom is 0.244 e. The van der Waals surface area contributed by atoms with Gasteiger partial charge in [0.2, 0.25) is 11.8 Å². The van der Waals surface area contributed by atoms with Gasteiger partial charge in [-0.1, -0.05) is 30.3 Å². The van der Waals surface area contributed by atoms with Gasteiger partial charge in [-0.25, -0.2) is 0 Å². The molecule has 6 heteroatoms. The molecule has 0 aliphatic carbocycles. The molecule has 0 bridgehead atoms. The lowest BCUT2D eigenvalue weighted by molar-refractivity contribution is -0.142. The third-order valence-electron chi connectivity index (χ3n) is 6.40. The zero-order valence-electron chi connectivity index (χ0n) is 16.7. The minimum absolute atomic E-state index is 0.0811. The van der Waals surface area contributed by atoms with E-state index in [0.29, 0.717) is 13.1 Å². The van der Waals surface area contributed by atoms with Crippen molar-refractivity contribution in [3.8, 4) is 0 Å². The molecule has 0 saturated carbocycles. The fourth-order valence-electron chi connectivity index (χ4n) is 4.70. The molecule has 1 atom stereocenters. The van der Waals surface area contributed by atoms with Gasteiger partial charge >= 0.3 is 0 Å². The summed E-state index contributed by atoms with van der Waals surface area (Å²) in [6.45, 7) is 3.53. The van der Waals surface area contributed by atoms with Crippen molar-refractivity contribution in [2.75, 3.05) is 20.1 Å². The molecule has 6 nitrogen and oxygen atoms in total. The maximum absolute atomic E-state index is 13.1. The summed E-state index contributed by atoms with van der Waals surface area (Å²) in [5.41, 5.74) is 2.02. The summed E-state index contributed by atoms with van der Waals surface area (Å²) in [4.78, 5) is 29.5. The second-order valence-electron chi connectivity index (χ2n) is 8.34. The summed E-state index contributed by atoms with van der Waals surface area (Å²) in [6, 6.07) is 10.6. The molecule has 2 fully saturated rings. The van der Waals surface area contributed by atoms with Crippen molar-refractivity contribution in [3.63, 3.8) is 0 Å². The number of nitrogens with zero attached hydrogens (tertiary/aromatic N) is 4. The van der Waals surface area contributed by atoms with Gasteiger partial charge in [0.05, 0.1) is 11.6 Å². The number of carbonyl (C=O) groups is 2. The van der Waals surface area contributed by atoms with Crippen LogP contribution in [0.3, 0.4) is 0 Å². The summed E-state index contributed by atoms with van der Waals surface area (Å²) in [7, 11) is 1.93.